The molecule has 0 bridgehead atoms. The van der Waals surface area contributed by atoms with Gasteiger partial charge in [0.2, 0.25) is 6.29 Å². The smallest absolute Gasteiger partial charge is 0.276 e. The molecule has 0 saturated carbocycles. The van der Waals surface area contributed by atoms with Crippen molar-refractivity contribution in [1.82, 2.24) is 10.4 Å². The van der Waals surface area contributed by atoms with Crippen LogP contribution in [-0.4, -0.2) is 58.1 Å². The Hall–Kier alpha value is -1.18. The van der Waals surface area contributed by atoms with Crippen LogP contribution in [-0.2, 0) is 23.9 Å². The summed E-state index contributed by atoms with van der Waals surface area (Å²) in [5.74, 6) is -0.867. The van der Waals surface area contributed by atoms with Crippen LogP contribution in [0.2, 0.25) is 0 Å². The zero-order chi connectivity index (χ0) is 11.8. The van der Waals surface area contributed by atoms with E-state index in [1.165, 1.54) is 28.3 Å². The van der Waals surface area contributed by atoms with Crippen LogP contribution in [0.25, 0.3) is 0 Å². The van der Waals surface area contributed by atoms with Crippen LogP contribution < -0.4 is 5.32 Å². The average Bonchev–Trinajstić information content (AvgIpc) is 2.27. The number of carbonyl (C=O) groups excluding carboxylic acids is 2. The Balaban J connectivity index is 4.01. The van der Waals surface area contributed by atoms with Crippen LogP contribution in [0.15, 0.2) is 0 Å². The van der Waals surface area contributed by atoms with Crippen molar-refractivity contribution in [1.29, 1.82) is 0 Å². The van der Waals surface area contributed by atoms with Crippen LogP contribution in [0, 0.1) is 0 Å². The van der Waals surface area contributed by atoms with Crippen LogP contribution >= 0.6 is 0 Å². The van der Waals surface area contributed by atoms with Crippen molar-refractivity contribution in [2.75, 3.05) is 34.9 Å². The fourth-order valence-corrected chi connectivity index (χ4v) is 0.708. The Morgan fingerprint density at radius 3 is 2.40 bits per heavy atom. The van der Waals surface area contributed by atoms with Crippen molar-refractivity contribution in [3.05, 3.63) is 0 Å². The average molecular weight is 220 g/mol. The van der Waals surface area contributed by atoms with Crippen molar-refractivity contribution in [2.24, 2.45) is 0 Å². The number of likely N-dealkylation sites (N-methyl/N-ethyl adjacent to an activating group) is 2. The molecule has 0 fully saturated rings. The summed E-state index contributed by atoms with van der Waals surface area (Å²) < 4.78 is 9.64. The lowest BCUT2D eigenvalue weighted by Gasteiger charge is -2.17. The van der Waals surface area contributed by atoms with Crippen molar-refractivity contribution in [3.63, 3.8) is 0 Å². The fraction of sp³-hybridized carbons (Fsp3) is 0.750. The highest BCUT2D eigenvalue weighted by Crippen LogP contribution is 1.95. The van der Waals surface area contributed by atoms with E-state index in [1.54, 1.807) is 0 Å². The number of carbonyl (C=O) groups is 2. The van der Waals surface area contributed by atoms with Gasteiger partial charge in [-0.25, -0.2) is 5.06 Å². The maximum Gasteiger partial charge on any atom is 0.276 e. The lowest BCUT2D eigenvalue weighted by Crippen LogP contribution is -2.38. The quantitative estimate of drug-likeness (QED) is 0.446. The van der Waals surface area contributed by atoms with Gasteiger partial charge < -0.3 is 14.8 Å². The molecular weight excluding hydrogens is 204 g/mol. The molecular formula is C8H16N2O5. The third kappa shape index (κ3) is 4.73. The first-order valence-corrected chi connectivity index (χ1v) is 4.23. The third-order valence-electron chi connectivity index (χ3n) is 1.66. The molecule has 2 amide bonds. The highest BCUT2D eigenvalue weighted by atomic mass is 16.7. The minimum absolute atomic E-state index is 0.295. The van der Waals surface area contributed by atoms with Crippen molar-refractivity contribution >= 4 is 11.8 Å². The molecule has 0 saturated heterocycles. The number of methoxy groups -OCH3 is 1. The highest BCUT2D eigenvalue weighted by Gasteiger charge is 2.19. The maximum absolute atomic E-state index is 11.2. The van der Waals surface area contributed by atoms with Gasteiger partial charge in [0, 0.05) is 21.2 Å². The van der Waals surface area contributed by atoms with E-state index in [2.05, 4.69) is 10.2 Å². The van der Waals surface area contributed by atoms with Gasteiger partial charge in [-0.1, -0.05) is 0 Å². The molecule has 0 radical (unpaired) electrons. The number of rotatable bonds is 6. The number of hydroxylamine groups is 2. The third-order valence-corrected chi connectivity index (χ3v) is 1.66. The molecule has 0 spiro atoms. The van der Waals surface area contributed by atoms with Crippen LogP contribution in [0.1, 0.15) is 0 Å². The summed E-state index contributed by atoms with van der Waals surface area (Å²) in [6.07, 6.45) is -1.09. The number of nitrogens with one attached hydrogen (secondary N) is 1. The van der Waals surface area contributed by atoms with Gasteiger partial charge in [-0.2, -0.15) is 0 Å². The molecule has 0 aliphatic rings. The van der Waals surface area contributed by atoms with Gasteiger partial charge in [-0.05, 0) is 0 Å². The Morgan fingerprint density at radius 2 is 2.00 bits per heavy atom. The van der Waals surface area contributed by atoms with Gasteiger partial charge in [0.25, 0.3) is 11.8 Å². The summed E-state index contributed by atoms with van der Waals surface area (Å²) in [4.78, 5) is 26.9. The molecule has 88 valence electrons. The van der Waals surface area contributed by atoms with Gasteiger partial charge >= 0.3 is 0 Å². The van der Waals surface area contributed by atoms with E-state index in [1.807, 2.05) is 0 Å². The van der Waals surface area contributed by atoms with E-state index in [0.717, 1.165) is 5.06 Å². The first-order valence-electron chi connectivity index (χ1n) is 4.23. The minimum atomic E-state index is -1.09. The molecule has 0 aromatic rings. The van der Waals surface area contributed by atoms with E-state index in [0.29, 0.717) is 0 Å². The number of hydrogen-bond acceptors (Lipinski definition) is 5. The number of hydrogen-bond donors (Lipinski definition) is 1. The molecule has 1 N–H and O–H groups in total. The lowest BCUT2D eigenvalue weighted by atomic mass is 10.5. The molecule has 0 aromatic heterocycles. The van der Waals surface area contributed by atoms with E-state index >= 15 is 0 Å². The minimum Gasteiger partial charge on any atom is -0.355 e. The van der Waals surface area contributed by atoms with Gasteiger partial charge in [-0.15, -0.1) is 0 Å². The first kappa shape index (κ1) is 13.8. The van der Waals surface area contributed by atoms with E-state index < -0.39 is 18.1 Å². The summed E-state index contributed by atoms with van der Waals surface area (Å²) in [5, 5.41) is 3.33. The predicted octanol–water partition coefficient (Wildman–Crippen LogP) is -1.26. The van der Waals surface area contributed by atoms with Crippen molar-refractivity contribution < 1.29 is 23.9 Å². The molecule has 0 rings (SSSR count). The fourth-order valence-electron chi connectivity index (χ4n) is 0.708. The zero-order valence-electron chi connectivity index (χ0n) is 9.27. The summed E-state index contributed by atoms with van der Waals surface area (Å²) >= 11 is 0. The molecule has 0 aromatic carbocycles. The molecule has 0 aliphatic heterocycles. The lowest BCUT2D eigenvalue weighted by molar-refractivity contribution is -0.188. The SMILES string of the molecule is CNC(=O)C(OC)OCC(=O)N(C)OC. The Labute approximate surface area is 88.2 Å². The van der Waals surface area contributed by atoms with E-state index in [4.69, 9.17) is 9.47 Å². The van der Waals surface area contributed by atoms with Crippen LogP contribution in [0.4, 0.5) is 0 Å². The van der Waals surface area contributed by atoms with E-state index in [-0.39, 0.29) is 6.61 Å². The van der Waals surface area contributed by atoms with Crippen molar-refractivity contribution in [2.45, 2.75) is 6.29 Å². The predicted molar refractivity (Wildman–Crippen MR) is 50.6 cm³/mol. The van der Waals surface area contributed by atoms with Gasteiger partial charge in [0.15, 0.2) is 0 Å². The molecule has 15 heavy (non-hydrogen) atoms. The molecule has 1 unspecified atom stereocenters. The Kier molecular flexibility index (Phi) is 6.59. The molecule has 0 heterocycles. The summed E-state index contributed by atoms with van der Waals surface area (Å²) in [6.45, 7) is -0.295. The second-order valence-electron chi connectivity index (χ2n) is 2.57. The van der Waals surface area contributed by atoms with Gasteiger partial charge in [0.05, 0.1) is 7.11 Å². The number of amides is 2. The maximum atomic E-state index is 11.2. The van der Waals surface area contributed by atoms with Gasteiger partial charge in [-0.3, -0.25) is 14.4 Å². The Morgan fingerprint density at radius 1 is 1.40 bits per heavy atom. The molecule has 0 aliphatic carbocycles. The number of nitrogens with zero attached hydrogens (tertiary/aromatic N) is 1. The van der Waals surface area contributed by atoms with E-state index in [9.17, 15) is 9.59 Å². The normalized spacial score (nSPS) is 12.0. The first-order chi connectivity index (χ1) is 7.06. The monoisotopic (exact) mass is 220 g/mol. The molecule has 1 atom stereocenters. The number of ether oxygens (including phenoxy) is 2. The van der Waals surface area contributed by atoms with Crippen LogP contribution in [0.3, 0.4) is 0 Å². The molecule has 7 nitrogen and oxygen atoms in total. The molecule has 7 heteroatoms. The second-order valence-corrected chi connectivity index (χ2v) is 2.57. The highest BCUT2D eigenvalue weighted by molar-refractivity contribution is 5.80. The second kappa shape index (κ2) is 7.16. The Bertz CT molecular complexity index is 221. The summed E-state index contributed by atoms with van der Waals surface area (Å²) in [7, 11) is 5.54. The zero-order valence-corrected chi connectivity index (χ0v) is 9.27. The summed E-state index contributed by atoms with van der Waals surface area (Å²) in [5.41, 5.74) is 0. The topological polar surface area (TPSA) is 77.1 Å². The summed E-state index contributed by atoms with van der Waals surface area (Å²) in [6, 6.07) is 0. The van der Waals surface area contributed by atoms with Gasteiger partial charge in [0.1, 0.15) is 6.61 Å². The van der Waals surface area contributed by atoms with Crippen molar-refractivity contribution in [3.8, 4) is 0 Å². The standard InChI is InChI=1S/C8H16N2O5/c1-9-7(12)8(13-3)15-5-6(11)10(2)14-4/h8H,5H2,1-4H3,(H,9,12). The largest absolute Gasteiger partial charge is 0.355 e. The van der Waals surface area contributed by atoms with Crippen LogP contribution in [0.5, 0.6) is 0 Å².